The van der Waals surface area contributed by atoms with Crippen molar-refractivity contribution in [3.05, 3.63) is 54.1 Å². The standard InChI is InChI=1S/C30H40FN5O3/c1-22(2)35-9-3-4-24(16-35)27-6-5-23(14-28(27)31)25-15-30-29(7-8-32-36(30)17-25)34-12-10-33(11-13-34)20-38-21-39-26-18-37-19-26/h5-8,14-15,17,22,24,26H,3-4,9-13,16,18-21H2,1-2H3/t24-/m1/s1. The molecule has 3 saturated heterocycles. The van der Waals surface area contributed by atoms with Gasteiger partial charge in [-0.15, -0.1) is 0 Å². The minimum absolute atomic E-state index is 0.101. The van der Waals surface area contributed by atoms with Gasteiger partial charge in [0.15, 0.2) is 0 Å². The van der Waals surface area contributed by atoms with Crippen molar-refractivity contribution < 1.29 is 18.6 Å². The number of hydrogen-bond acceptors (Lipinski definition) is 7. The number of aromatic nitrogens is 2. The second kappa shape index (κ2) is 11.9. The van der Waals surface area contributed by atoms with Crippen molar-refractivity contribution in [2.24, 2.45) is 0 Å². The van der Waals surface area contributed by atoms with Gasteiger partial charge in [0.2, 0.25) is 0 Å². The highest BCUT2D eigenvalue weighted by molar-refractivity contribution is 5.80. The number of piperazine rings is 1. The van der Waals surface area contributed by atoms with Crippen molar-refractivity contribution in [2.45, 2.75) is 44.8 Å². The van der Waals surface area contributed by atoms with Crippen molar-refractivity contribution in [1.29, 1.82) is 0 Å². The SMILES string of the molecule is CC(C)N1CCC[C@@H](c2ccc(-c3cc4c(N5CCN(COCOC6COC6)CC5)ccnn4c3)cc2F)C1. The Balaban J connectivity index is 1.11. The van der Waals surface area contributed by atoms with Crippen molar-refractivity contribution in [2.75, 3.05) is 70.9 Å². The molecule has 0 spiro atoms. The van der Waals surface area contributed by atoms with Crippen LogP contribution in [0.3, 0.4) is 0 Å². The van der Waals surface area contributed by atoms with Crippen LogP contribution in [0.25, 0.3) is 16.6 Å². The molecule has 2 aromatic heterocycles. The molecule has 3 aromatic rings. The predicted molar refractivity (Wildman–Crippen MR) is 150 cm³/mol. The molecular formula is C30H40FN5O3. The lowest BCUT2D eigenvalue weighted by Crippen LogP contribution is -2.47. The lowest BCUT2D eigenvalue weighted by molar-refractivity contribution is -0.188. The second-order valence-corrected chi connectivity index (χ2v) is 11.3. The molecule has 0 amide bonds. The summed E-state index contributed by atoms with van der Waals surface area (Å²) in [5, 5.41) is 4.55. The normalized spacial score (nSPS) is 21.6. The zero-order valence-electron chi connectivity index (χ0n) is 23.1. The van der Waals surface area contributed by atoms with Gasteiger partial charge in [-0.25, -0.2) is 8.91 Å². The monoisotopic (exact) mass is 537 g/mol. The molecule has 3 aliphatic heterocycles. The van der Waals surface area contributed by atoms with E-state index in [-0.39, 0.29) is 17.8 Å². The largest absolute Gasteiger partial charge is 0.376 e. The molecule has 0 bridgehead atoms. The minimum Gasteiger partial charge on any atom is -0.376 e. The summed E-state index contributed by atoms with van der Waals surface area (Å²) in [6, 6.07) is 10.5. The lowest BCUT2D eigenvalue weighted by atomic mass is 9.88. The highest BCUT2D eigenvalue weighted by atomic mass is 19.1. The predicted octanol–water partition coefficient (Wildman–Crippen LogP) is 4.20. The second-order valence-electron chi connectivity index (χ2n) is 11.3. The molecule has 0 aliphatic carbocycles. The smallest absolute Gasteiger partial charge is 0.149 e. The Morgan fingerprint density at radius 2 is 1.90 bits per heavy atom. The van der Waals surface area contributed by atoms with E-state index >= 15 is 4.39 Å². The summed E-state index contributed by atoms with van der Waals surface area (Å²) in [7, 11) is 0. The summed E-state index contributed by atoms with van der Waals surface area (Å²) in [5.41, 5.74) is 4.91. The fourth-order valence-corrected chi connectivity index (χ4v) is 5.93. The minimum atomic E-state index is -0.101. The molecule has 0 radical (unpaired) electrons. The van der Waals surface area contributed by atoms with E-state index in [4.69, 9.17) is 14.2 Å². The highest BCUT2D eigenvalue weighted by Gasteiger charge is 2.26. The molecule has 6 rings (SSSR count). The molecule has 8 nitrogen and oxygen atoms in total. The summed E-state index contributed by atoms with van der Waals surface area (Å²) < 4.78 is 33.7. The van der Waals surface area contributed by atoms with E-state index in [0.717, 1.165) is 80.0 Å². The number of likely N-dealkylation sites (tertiary alicyclic amines) is 1. The van der Waals surface area contributed by atoms with E-state index in [0.29, 0.717) is 32.8 Å². The molecule has 3 aliphatic rings. The average Bonchev–Trinajstić information content (AvgIpc) is 3.37. The van der Waals surface area contributed by atoms with Crippen molar-refractivity contribution in [1.82, 2.24) is 19.4 Å². The van der Waals surface area contributed by atoms with Crippen molar-refractivity contribution >= 4 is 11.2 Å². The summed E-state index contributed by atoms with van der Waals surface area (Å²) in [5.74, 6) is 0.154. The summed E-state index contributed by atoms with van der Waals surface area (Å²) in [6.07, 6.45) is 6.20. The number of ether oxygens (including phenoxy) is 3. The fourth-order valence-electron chi connectivity index (χ4n) is 5.93. The molecule has 0 N–H and O–H groups in total. The van der Waals surface area contributed by atoms with Crippen LogP contribution in [0, 0.1) is 5.82 Å². The quantitative estimate of drug-likeness (QED) is 0.300. The number of fused-ring (bicyclic) bond motifs is 1. The van der Waals surface area contributed by atoms with Gasteiger partial charge in [-0.05, 0) is 68.5 Å². The van der Waals surface area contributed by atoms with Crippen LogP contribution in [0.5, 0.6) is 0 Å². The van der Waals surface area contributed by atoms with Crippen LogP contribution in [0.1, 0.15) is 38.2 Å². The molecule has 9 heteroatoms. The Kier molecular flexibility index (Phi) is 8.13. The molecule has 0 saturated carbocycles. The maximum absolute atomic E-state index is 15.4. The number of piperidine rings is 1. The number of hydrogen-bond donors (Lipinski definition) is 0. The van der Waals surface area contributed by atoms with Crippen LogP contribution < -0.4 is 4.90 Å². The molecule has 5 heterocycles. The zero-order chi connectivity index (χ0) is 26.8. The van der Waals surface area contributed by atoms with E-state index in [1.807, 2.05) is 23.0 Å². The highest BCUT2D eigenvalue weighted by Crippen LogP contribution is 2.34. The topological polar surface area (TPSA) is 54.7 Å². The number of benzene rings is 1. The third-order valence-electron chi connectivity index (χ3n) is 8.42. The first-order valence-corrected chi connectivity index (χ1v) is 14.3. The summed E-state index contributed by atoms with van der Waals surface area (Å²) in [6.45, 7) is 12.3. The lowest BCUT2D eigenvalue weighted by Gasteiger charge is -2.36. The number of anilines is 1. The Bertz CT molecular complexity index is 1250. The van der Waals surface area contributed by atoms with Gasteiger partial charge < -0.3 is 24.0 Å². The summed E-state index contributed by atoms with van der Waals surface area (Å²) >= 11 is 0. The van der Waals surface area contributed by atoms with Crippen molar-refractivity contribution in [3.8, 4) is 11.1 Å². The first-order valence-electron chi connectivity index (χ1n) is 14.3. The maximum Gasteiger partial charge on any atom is 0.149 e. The van der Waals surface area contributed by atoms with Gasteiger partial charge in [0.1, 0.15) is 25.4 Å². The van der Waals surface area contributed by atoms with Gasteiger partial charge >= 0.3 is 0 Å². The number of rotatable bonds is 9. The van der Waals surface area contributed by atoms with Gasteiger partial charge in [-0.3, -0.25) is 4.90 Å². The number of halogens is 1. The van der Waals surface area contributed by atoms with E-state index in [2.05, 4.69) is 51.8 Å². The molecular weight excluding hydrogens is 497 g/mol. The van der Waals surface area contributed by atoms with Gasteiger partial charge in [0, 0.05) is 56.7 Å². The van der Waals surface area contributed by atoms with Crippen LogP contribution in [0.15, 0.2) is 42.7 Å². The Hall–Kier alpha value is -2.56. The number of nitrogens with zero attached hydrogens (tertiary/aromatic N) is 5. The third-order valence-corrected chi connectivity index (χ3v) is 8.42. The van der Waals surface area contributed by atoms with Gasteiger partial charge in [-0.2, -0.15) is 5.10 Å². The molecule has 1 atom stereocenters. The van der Waals surface area contributed by atoms with Crippen LogP contribution in [-0.4, -0.2) is 97.6 Å². The van der Waals surface area contributed by atoms with Gasteiger partial charge in [0.25, 0.3) is 0 Å². The van der Waals surface area contributed by atoms with E-state index in [9.17, 15) is 0 Å². The van der Waals surface area contributed by atoms with E-state index < -0.39 is 0 Å². The van der Waals surface area contributed by atoms with Crippen LogP contribution in [0.4, 0.5) is 10.1 Å². The Morgan fingerprint density at radius 1 is 1.05 bits per heavy atom. The van der Waals surface area contributed by atoms with Gasteiger partial charge in [0.05, 0.1) is 24.4 Å². The van der Waals surface area contributed by atoms with Gasteiger partial charge in [-0.1, -0.05) is 12.1 Å². The molecule has 210 valence electrons. The van der Waals surface area contributed by atoms with E-state index in [1.165, 1.54) is 0 Å². The van der Waals surface area contributed by atoms with Crippen LogP contribution >= 0.6 is 0 Å². The molecule has 1 aromatic carbocycles. The fraction of sp³-hybridized carbons (Fsp3) is 0.567. The summed E-state index contributed by atoms with van der Waals surface area (Å²) in [4.78, 5) is 7.16. The van der Waals surface area contributed by atoms with Crippen LogP contribution in [0.2, 0.25) is 0 Å². The first kappa shape index (κ1) is 26.7. The van der Waals surface area contributed by atoms with E-state index in [1.54, 1.807) is 6.07 Å². The Morgan fingerprint density at radius 3 is 2.64 bits per heavy atom. The maximum atomic E-state index is 15.4. The third kappa shape index (κ3) is 5.98. The molecule has 39 heavy (non-hydrogen) atoms. The van der Waals surface area contributed by atoms with Crippen LogP contribution in [-0.2, 0) is 14.2 Å². The van der Waals surface area contributed by atoms with Crippen molar-refractivity contribution in [3.63, 3.8) is 0 Å². The Labute approximate surface area is 230 Å². The molecule has 0 unspecified atom stereocenters. The molecule has 3 fully saturated rings. The first-order chi connectivity index (χ1) is 19.0. The zero-order valence-corrected chi connectivity index (χ0v) is 23.1. The average molecular weight is 538 g/mol.